The van der Waals surface area contributed by atoms with E-state index in [9.17, 15) is 8.78 Å². The summed E-state index contributed by atoms with van der Waals surface area (Å²) in [6.45, 7) is 17.6. The molecule has 0 atom stereocenters. The second-order valence-corrected chi connectivity index (χ2v) is 18.9. The van der Waals surface area contributed by atoms with Gasteiger partial charge >= 0.3 is 0 Å². The smallest absolute Gasteiger partial charge is 0.126 e. The summed E-state index contributed by atoms with van der Waals surface area (Å²) in [5.74, 6) is -1.73. The zero-order valence-corrected chi connectivity index (χ0v) is 31.0. The van der Waals surface area contributed by atoms with Crippen molar-refractivity contribution in [2.45, 2.75) is 66.6 Å². The zero-order valence-electron chi connectivity index (χ0n) is 28.6. The average molecular weight is 812 g/mol. The van der Waals surface area contributed by atoms with E-state index in [1.165, 1.54) is 35.0 Å². The van der Waals surface area contributed by atoms with E-state index >= 15 is 0 Å². The van der Waals surface area contributed by atoms with E-state index in [4.69, 9.17) is 10.8 Å². The maximum absolute atomic E-state index is 14.4. The van der Waals surface area contributed by atoms with Crippen LogP contribution in [0.15, 0.2) is 83.5 Å². The fraction of sp³-hybridized carbons (Fsp3) is 0.282. The van der Waals surface area contributed by atoms with Gasteiger partial charge in [-0.2, -0.15) is 0 Å². The number of hydrogen-bond donors (Lipinski definition) is 0. The quantitative estimate of drug-likeness (QED) is 0.129. The Morgan fingerprint density at radius 3 is 2.37 bits per heavy atom. The molecule has 0 fully saturated rings. The molecule has 0 aliphatic carbocycles. The number of fused-ring (bicyclic) bond motifs is 3. The normalized spacial score (nSPS) is 12.3. The Morgan fingerprint density at radius 2 is 1.72 bits per heavy atom. The van der Waals surface area contributed by atoms with Gasteiger partial charge in [0.1, 0.15) is 11.4 Å². The van der Waals surface area contributed by atoms with Crippen LogP contribution in [0.1, 0.15) is 53.0 Å². The number of pyridine rings is 2. The molecule has 0 saturated heterocycles. The first-order valence-corrected chi connectivity index (χ1v) is 18.7. The van der Waals surface area contributed by atoms with Gasteiger partial charge in [0.2, 0.25) is 0 Å². The number of furan rings is 1. The third-order valence-electron chi connectivity index (χ3n) is 7.56. The SMILES string of the molecule is CC(C)(C)Cc1cc(-c2[c-]cccc2)ncc1[Si](C)(C)C.[2H]C(C)(C)c1ccnc(-c2[c-]cc(F)c3c2oc2cc(F)ccc23)c1.[Ir]. The number of benzene rings is 3. The molecule has 0 spiro atoms. The van der Waals surface area contributed by atoms with Crippen molar-refractivity contribution in [1.29, 1.82) is 0 Å². The minimum absolute atomic E-state index is 0. The van der Waals surface area contributed by atoms with Gasteiger partial charge in [0, 0.05) is 51.1 Å². The Labute approximate surface area is 287 Å². The number of nitrogens with zero attached hydrogens (tertiary/aromatic N) is 2. The first-order chi connectivity index (χ1) is 21.5. The number of aromatic nitrogens is 2. The molecule has 0 unspecified atom stereocenters. The van der Waals surface area contributed by atoms with Crippen molar-refractivity contribution in [2.24, 2.45) is 5.41 Å². The molecule has 0 N–H and O–H groups in total. The van der Waals surface area contributed by atoms with Crippen LogP contribution in [0.4, 0.5) is 8.78 Å². The fourth-order valence-corrected chi connectivity index (χ4v) is 6.99. The molecule has 46 heavy (non-hydrogen) atoms. The molecular formula is C39H40F2IrN2OSi-2. The molecule has 3 aromatic heterocycles. The van der Waals surface area contributed by atoms with Crippen LogP contribution in [0.3, 0.4) is 0 Å². The minimum atomic E-state index is -1.37. The van der Waals surface area contributed by atoms with Crippen LogP contribution in [0.25, 0.3) is 44.5 Å². The van der Waals surface area contributed by atoms with Crippen molar-refractivity contribution in [2.75, 3.05) is 0 Å². The minimum Gasteiger partial charge on any atom is -0.500 e. The number of halogens is 2. The van der Waals surface area contributed by atoms with Gasteiger partial charge in [-0.25, -0.2) is 4.39 Å². The van der Waals surface area contributed by atoms with E-state index < -0.39 is 25.6 Å². The zero-order chi connectivity index (χ0) is 33.4. The predicted molar refractivity (Wildman–Crippen MR) is 184 cm³/mol. The van der Waals surface area contributed by atoms with Gasteiger partial charge in [-0.1, -0.05) is 83.1 Å². The molecule has 0 bridgehead atoms. The molecule has 0 saturated carbocycles. The first-order valence-electron chi connectivity index (χ1n) is 15.7. The molecule has 6 rings (SSSR count). The second kappa shape index (κ2) is 14.1. The van der Waals surface area contributed by atoms with Crippen LogP contribution in [-0.4, -0.2) is 18.0 Å². The summed E-state index contributed by atoms with van der Waals surface area (Å²) in [6, 6.07) is 25.3. The summed E-state index contributed by atoms with van der Waals surface area (Å²) in [6.07, 6.45) is 4.81. The summed E-state index contributed by atoms with van der Waals surface area (Å²) in [7, 11) is -1.37. The Bertz CT molecular complexity index is 2010. The molecular weight excluding hydrogens is 771 g/mol. The molecule has 241 valence electrons. The third kappa shape index (κ3) is 8.06. The van der Waals surface area contributed by atoms with Crippen molar-refractivity contribution >= 4 is 35.2 Å². The van der Waals surface area contributed by atoms with E-state index in [1.54, 1.807) is 32.2 Å². The van der Waals surface area contributed by atoms with Crippen molar-refractivity contribution in [3.63, 3.8) is 0 Å². The summed E-state index contributed by atoms with van der Waals surface area (Å²) < 4.78 is 41.8. The van der Waals surface area contributed by atoms with Gasteiger partial charge in [0.25, 0.3) is 0 Å². The van der Waals surface area contributed by atoms with Gasteiger partial charge in [0.05, 0.1) is 13.7 Å². The Balaban J connectivity index is 0.000000212. The van der Waals surface area contributed by atoms with E-state index in [0.29, 0.717) is 16.6 Å². The topological polar surface area (TPSA) is 38.9 Å². The van der Waals surface area contributed by atoms with Crippen molar-refractivity contribution in [3.05, 3.63) is 114 Å². The fourth-order valence-electron chi connectivity index (χ4n) is 5.42. The molecule has 0 amide bonds. The monoisotopic (exact) mass is 812 g/mol. The van der Waals surface area contributed by atoms with Gasteiger partial charge in [-0.15, -0.1) is 48.0 Å². The molecule has 0 aliphatic rings. The van der Waals surface area contributed by atoms with E-state index in [2.05, 4.69) is 75.9 Å². The van der Waals surface area contributed by atoms with E-state index in [1.807, 2.05) is 18.2 Å². The summed E-state index contributed by atoms with van der Waals surface area (Å²) in [4.78, 5) is 9.03. The average Bonchev–Trinajstić information content (AvgIpc) is 3.35. The maximum atomic E-state index is 14.4. The van der Waals surface area contributed by atoms with Crippen molar-refractivity contribution in [1.82, 2.24) is 9.97 Å². The maximum Gasteiger partial charge on any atom is 0.126 e. The molecule has 6 aromatic rings. The molecule has 1 radical (unpaired) electrons. The molecule has 0 aliphatic heterocycles. The van der Waals surface area contributed by atoms with E-state index in [-0.39, 0.29) is 42.1 Å². The standard InChI is InChI=1S/C20H14F2NO.C19H26NSi.Ir/c1-11(2)12-7-8-23-17(9-12)14-5-6-16(22)19-15-4-3-13(21)10-18(15)24-20(14)19;1-19(2,3)13-16-12-17(15-10-8-7-9-11-15)20-14-18(16)21(4,5)6;/h3-4,6-11H,1-2H3;7-10,12,14H,13H2,1-6H3;/q2*-1;/i11D;;. The second-order valence-electron chi connectivity index (χ2n) is 13.9. The first kappa shape index (κ1) is 33.8. The van der Waals surface area contributed by atoms with Gasteiger partial charge < -0.3 is 14.4 Å². The predicted octanol–water partition coefficient (Wildman–Crippen LogP) is 10.5. The van der Waals surface area contributed by atoms with Crippen molar-refractivity contribution in [3.8, 4) is 22.5 Å². The Kier molecular flexibility index (Phi) is 10.4. The molecule has 3 heterocycles. The number of rotatable bonds is 5. The van der Waals surface area contributed by atoms with E-state index in [0.717, 1.165) is 23.2 Å². The van der Waals surface area contributed by atoms with Crippen LogP contribution in [0.2, 0.25) is 19.6 Å². The molecule has 3 nitrogen and oxygen atoms in total. The Morgan fingerprint density at radius 1 is 0.957 bits per heavy atom. The van der Waals surface area contributed by atoms with Crippen LogP contribution in [0.5, 0.6) is 0 Å². The van der Waals surface area contributed by atoms with Gasteiger partial charge in [0.15, 0.2) is 0 Å². The number of hydrogen-bond acceptors (Lipinski definition) is 3. The third-order valence-corrected chi connectivity index (χ3v) is 9.62. The van der Waals surface area contributed by atoms with Crippen LogP contribution in [-0.2, 0) is 26.5 Å². The van der Waals surface area contributed by atoms with Crippen molar-refractivity contribution < 1.29 is 34.7 Å². The molecule has 3 aromatic carbocycles. The summed E-state index contributed by atoms with van der Waals surface area (Å²) in [5, 5.41) is 2.26. The molecule has 7 heteroatoms. The van der Waals surface area contributed by atoms with Gasteiger partial charge in [-0.3, -0.25) is 4.39 Å². The van der Waals surface area contributed by atoms with Crippen LogP contribution >= 0.6 is 0 Å². The van der Waals surface area contributed by atoms with Gasteiger partial charge in [-0.05, 0) is 57.9 Å². The summed E-state index contributed by atoms with van der Waals surface area (Å²) in [5.41, 5.74) is 6.19. The van der Waals surface area contributed by atoms with Crippen LogP contribution in [0, 0.1) is 29.2 Å². The van der Waals surface area contributed by atoms with Crippen LogP contribution < -0.4 is 5.19 Å². The summed E-state index contributed by atoms with van der Waals surface area (Å²) >= 11 is 0. The largest absolute Gasteiger partial charge is 0.500 e. The Hall–Kier alpha value is -3.51.